The summed E-state index contributed by atoms with van der Waals surface area (Å²) in [6, 6.07) is 12.0. The van der Waals surface area contributed by atoms with Gasteiger partial charge in [-0.05, 0) is 42.8 Å². The summed E-state index contributed by atoms with van der Waals surface area (Å²) in [4.78, 5) is 40.1. The maximum atomic E-state index is 12.8. The number of benzene rings is 2. The number of hydrogen-bond donors (Lipinski definition) is 2. The van der Waals surface area contributed by atoms with Crippen LogP contribution in [-0.4, -0.2) is 44.6 Å². The molecule has 0 atom stereocenters. The number of nitrogens with one attached hydrogen (secondary N) is 2. The van der Waals surface area contributed by atoms with Gasteiger partial charge < -0.3 is 20.3 Å². The molecular formula is C21H22N4O4. The Morgan fingerprint density at radius 1 is 1.10 bits per heavy atom. The molecule has 150 valence electrons. The molecule has 4 rings (SSSR count). The SMILES string of the molecule is COc1ccc(NC(=O)c2cccc(N3CCNC3=O)c2)cc1N1CCCC1=O. The average molecular weight is 394 g/mol. The molecule has 0 aromatic heterocycles. The van der Waals surface area contributed by atoms with Crippen molar-refractivity contribution in [3.63, 3.8) is 0 Å². The molecular weight excluding hydrogens is 372 g/mol. The minimum absolute atomic E-state index is 0.0448. The van der Waals surface area contributed by atoms with E-state index in [-0.39, 0.29) is 17.8 Å². The minimum Gasteiger partial charge on any atom is -0.495 e. The number of carbonyl (C=O) groups is 3. The highest BCUT2D eigenvalue weighted by atomic mass is 16.5. The Hall–Kier alpha value is -3.55. The highest BCUT2D eigenvalue weighted by Crippen LogP contribution is 2.34. The Balaban J connectivity index is 1.56. The predicted molar refractivity (Wildman–Crippen MR) is 110 cm³/mol. The van der Waals surface area contributed by atoms with Crippen molar-refractivity contribution in [1.29, 1.82) is 0 Å². The Bertz CT molecular complexity index is 975. The summed E-state index contributed by atoms with van der Waals surface area (Å²) in [6.45, 7) is 1.78. The largest absolute Gasteiger partial charge is 0.495 e. The van der Waals surface area contributed by atoms with Crippen LogP contribution in [0.1, 0.15) is 23.2 Å². The van der Waals surface area contributed by atoms with E-state index < -0.39 is 0 Å². The van der Waals surface area contributed by atoms with Gasteiger partial charge in [-0.1, -0.05) is 6.07 Å². The summed E-state index contributed by atoms with van der Waals surface area (Å²) in [5.74, 6) is 0.332. The summed E-state index contributed by atoms with van der Waals surface area (Å²) in [7, 11) is 1.55. The van der Waals surface area contributed by atoms with Crippen molar-refractivity contribution in [1.82, 2.24) is 5.32 Å². The predicted octanol–water partition coefficient (Wildman–Crippen LogP) is 2.60. The molecule has 0 saturated carbocycles. The summed E-state index contributed by atoms with van der Waals surface area (Å²) in [5.41, 5.74) is 2.33. The van der Waals surface area contributed by atoms with Crippen LogP contribution in [0.3, 0.4) is 0 Å². The van der Waals surface area contributed by atoms with Crippen molar-refractivity contribution in [2.24, 2.45) is 0 Å². The molecule has 0 unspecified atom stereocenters. The van der Waals surface area contributed by atoms with Crippen LogP contribution in [0.2, 0.25) is 0 Å². The van der Waals surface area contributed by atoms with Crippen molar-refractivity contribution >= 4 is 34.9 Å². The quantitative estimate of drug-likeness (QED) is 0.816. The minimum atomic E-state index is -0.296. The average Bonchev–Trinajstić information content (AvgIpc) is 3.36. The lowest BCUT2D eigenvalue weighted by molar-refractivity contribution is -0.117. The Morgan fingerprint density at radius 3 is 2.66 bits per heavy atom. The Labute approximate surface area is 168 Å². The van der Waals surface area contributed by atoms with Crippen LogP contribution in [0.25, 0.3) is 0 Å². The van der Waals surface area contributed by atoms with Crippen LogP contribution in [-0.2, 0) is 4.79 Å². The van der Waals surface area contributed by atoms with Crippen LogP contribution < -0.4 is 25.2 Å². The third-order valence-corrected chi connectivity index (χ3v) is 5.08. The molecule has 0 spiro atoms. The lowest BCUT2D eigenvalue weighted by Gasteiger charge is -2.20. The van der Waals surface area contributed by atoms with Gasteiger partial charge in [0.05, 0.1) is 12.8 Å². The van der Waals surface area contributed by atoms with E-state index in [2.05, 4.69) is 10.6 Å². The zero-order valence-electron chi connectivity index (χ0n) is 16.1. The Kier molecular flexibility index (Phi) is 5.07. The molecule has 2 aromatic carbocycles. The normalized spacial score (nSPS) is 16.2. The van der Waals surface area contributed by atoms with E-state index in [1.165, 1.54) is 0 Å². The van der Waals surface area contributed by atoms with Gasteiger partial charge in [0.25, 0.3) is 5.91 Å². The second-order valence-electron chi connectivity index (χ2n) is 6.92. The van der Waals surface area contributed by atoms with Gasteiger partial charge in [0.1, 0.15) is 5.75 Å². The van der Waals surface area contributed by atoms with Gasteiger partial charge in [0.2, 0.25) is 5.91 Å². The maximum Gasteiger partial charge on any atom is 0.321 e. The molecule has 29 heavy (non-hydrogen) atoms. The first-order valence-corrected chi connectivity index (χ1v) is 9.52. The van der Waals surface area contributed by atoms with E-state index in [1.54, 1.807) is 59.4 Å². The molecule has 2 heterocycles. The highest BCUT2D eigenvalue weighted by Gasteiger charge is 2.25. The Morgan fingerprint density at radius 2 is 1.97 bits per heavy atom. The van der Waals surface area contributed by atoms with Crippen LogP contribution in [0, 0.1) is 0 Å². The van der Waals surface area contributed by atoms with Gasteiger partial charge in [-0.3, -0.25) is 14.5 Å². The molecule has 4 amide bonds. The third kappa shape index (κ3) is 3.73. The maximum absolute atomic E-state index is 12.8. The zero-order chi connectivity index (χ0) is 20.4. The molecule has 2 fully saturated rings. The zero-order valence-corrected chi connectivity index (χ0v) is 16.1. The molecule has 8 heteroatoms. The van der Waals surface area contributed by atoms with Gasteiger partial charge in [0, 0.05) is 43.0 Å². The van der Waals surface area contributed by atoms with E-state index >= 15 is 0 Å². The standard InChI is InChI=1S/C21H22N4O4/c1-29-18-8-7-15(13-17(18)25-10-3-6-19(25)26)23-20(27)14-4-2-5-16(12-14)24-11-9-22-21(24)28/h2,4-5,7-8,12-13H,3,6,9-11H2,1H3,(H,22,28)(H,23,27). The van der Waals surface area contributed by atoms with Crippen LogP contribution in [0.4, 0.5) is 21.9 Å². The second kappa shape index (κ2) is 7.83. The van der Waals surface area contributed by atoms with E-state index in [0.717, 1.165) is 6.42 Å². The lowest BCUT2D eigenvalue weighted by atomic mass is 10.1. The second-order valence-corrected chi connectivity index (χ2v) is 6.92. The topological polar surface area (TPSA) is 91.0 Å². The fourth-order valence-electron chi connectivity index (χ4n) is 3.62. The molecule has 0 radical (unpaired) electrons. The molecule has 0 bridgehead atoms. The van der Waals surface area contributed by atoms with Gasteiger partial charge in [-0.15, -0.1) is 0 Å². The van der Waals surface area contributed by atoms with E-state index in [4.69, 9.17) is 4.74 Å². The number of rotatable bonds is 5. The van der Waals surface area contributed by atoms with E-state index in [1.807, 2.05) is 0 Å². The summed E-state index contributed by atoms with van der Waals surface area (Å²) in [5, 5.41) is 5.61. The summed E-state index contributed by atoms with van der Waals surface area (Å²) in [6.07, 6.45) is 1.31. The molecule has 2 aliphatic heterocycles. The molecule has 2 N–H and O–H groups in total. The molecule has 2 saturated heterocycles. The third-order valence-electron chi connectivity index (χ3n) is 5.08. The smallest absolute Gasteiger partial charge is 0.321 e. The van der Waals surface area contributed by atoms with Gasteiger partial charge in [-0.25, -0.2) is 4.79 Å². The number of amides is 4. The van der Waals surface area contributed by atoms with Gasteiger partial charge >= 0.3 is 6.03 Å². The first kappa shape index (κ1) is 18.8. The van der Waals surface area contributed by atoms with Crippen LogP contribution in [0.15, 0.2) is 42.5 Å². The number of carbonyl (C=O) groups excluding carboxylic acids is 3. The highest BCUT2D eigenvalue weighted by molar-refractivity contribution is 6.06. The number of ether oxygens (including phenoxy) is 1. The van der Waals surface area contributed by atoms with Crippen LogP contribution in [0.5, 0.6) is 5.75 Å². The fraction of sp³-hybridized carbons (Fsp3) is 0.286. The molecule has 2 aliphatic rings. The van der Waals surface area contributed by atoms with Crippen LogP contribution >= 0.6 is 0 Å². The first-order chi connectivity index (χ1) is 14.1. The van der Waals surface area contributed by atoms with E-state index in [9.17, 15) is 14.4 Å². The monoisotopic (exact) mass is 394 g/mol. The van der Waals surface area contributed by atoms with Gasteiger partial charge in [-0.2, -0.15) is 0 Å². The number of hydrogen-bond acceptors (Lipinski definition) is 4. The van der Waals surface area contributed by atoms with E-state index in [0.29, 0.717) is 54.4 Å². The molecule has 0 aliphatic carbocycles. The molecule has 8 nitrogen and oxygen atoms in total. The summed E-state index contributed by atoms with van der Waals surface area (Å²) >= 11 is 0. The number of methoxy groups -OCH3 is 1. The lowest BCUT2D eigenvalue weighted by Crippen LogP contribution is -2.28. The van der Waals surface area contributed by atoms with Crippen molar-refractivity contribution in [3.05, 3.63) is 48.0 Å². The number of nitrogens with zero attached hydrogens (tertiary/aromatic N) is 2. The van der Waals surface area contributed by atoms with Gasteiger partial charge in [0.15, 0.2) is 0 Å². The first-order valence-electron chi connectivity index (χ1n) is 9.52. The van der Waals surface area contributed by atoms with Crippen molar-refractivity contribution < 1.29 is 19.1 Å². The van der Waals surface area contributed by atoms with Crippen molar-refractivity contribution in [2.45, 2.75) is 12.8 Å². The summed E-state index contributed by atoms with van der Waals surface area (Å²) < 4.78 is 5.38. The van der Waals surface area contributed by atoms with Crippen molar-refractivity contribution in [2.75, 3.05) is 41.9 Å². The van der Waals surface area contributed by atoms with Crippen molar-refractivity contribution in [3.8, 4) is 5.75 Å². The number of urea groups is 1. The fourth-order valence-corrected chi connectivity index (χ4v) is 3.62. The number of anilines is 3. The molecule has 2 aromatic rings.